The number of nitrogens with zero attached hydrogens (tertiary/aromatic N) is 1. The van der Waals surface area contributed by atoms with Crippen molar-refractivity contribution < 1.29 is 4.42 Å². The van der Waals surface area contributed by atoms with Gasteiger partial charge in [0.05, 0.1) is 11.0 Å². The van der Waals surface area contributed by atoms with Crippen molar-refractivity contribution in [2.75, 3.05) is 0 Å². The first-order chi connectivity index (χ1) is 27.6. The van der Waals surface area contributed by atoms with Crippen LogP contribution in [0.2, 0.25) is 0 Å². The molecule has 0 saturated carbocycles. The van der Waals surface area contributed by atoms with Crippen molar-refractivity contribution >= 4 is 65.7 Å². The summed E-state index contributed by atoms with van der Waals surface area (Å²) in [5.41, 5.74) is 15.9. The summed E-state index contributed by atoms with van der Waals surface area (Å²) in [7, 11) is 0. The predicted molar refractivity (Wildman–Crippen MR) is 243 cm³/mol. The van der Waals surface area contributed by atoms with Gasteiger partial charge in [0.2, 0.25) is 0 Å². The van der Waals surface area contributed by atoms with E-state index >= 15 is 0 Å². The van der Waals surface area contributed by atoms with Gasteiger partial charge in [-0.1, -0.05) is 142 Å². The van der Waals surface area contributed by atoms with Gasteiger partial charge in [0.1, 0.15) is 11.2 Å². The molecule has 9 aromatic rings. The first kappa shape index (κ1) is 35.3. The fraction of sp³-hybridized carbons (Fsp3) is 0.148. The summed E-state index contributed by atoms with van der Waals surface area (Å²) < 4.78 is 8.98. The van der Waals surface area contributed by atoms with Crippen LogP contribution >= 0.6 is 0 Å². The number of rotatable bonds is 4. The van der Waals surface area contributed by atoms with Gasteiger partial charge < -0.3 is 8.98 Å². The van der Waals surface area contributed by atoms with Gasteiger partial charge in [-0.2, -0.15) is 0 Å². The van der Waals surface area contributed by atoms with Gasteiger partial charge >= 0.3 is 0 Å². The summed E-state index contributed by atoms with van der Waals surface area (Å²) in [4.78, 5) is 0. The number of benzene rings is 7. The van der Waals surface area contributed by atoms with Crippen LogP contribution in [-0.4, -0.2) is 4.57 Å². The van der Waals surface area contributed by atoms with Crippen LogP contribution < -0.4 is 0 Å². The quantitative estimate of drug-likeness (QED) is 0.165. The number of hydrogen-bond acceptors (Lipinski definition) is 1. The highest BCUT2D eigenvalue weighted by Gasteiger charge is 2.27. The number of para-hydroxylation sites is 1. The maximum absolute atomic E-state index is 6.57. The predicted octanol–water partition coefficient (Wildman–Crippen LogP) is 16.1. The number of unbranched alkanes of at least 4 members (excludes halogenated alkanes) is 1. The van der Waals surface area contributed by atoms with E-state index in [2.05, 4.69) is 170 Å². The average Bonchev–Trinajstić information content (AvgIpc) is 3.92. The van der Waals surface area contributed by atoms with Gasteiger partial charge in [0.15, 0.2) is 0 Å². The van der Waals surface area contributed by atoms with Gasteiger partial charge in [-0.15, -0.1) is 0 Å². The lowest BCUT2D eigenvalue weighted by Gasteiger charge is -2.11. The molecule has 0 aliphatic heterocycles. The molecule has 56 heavy (non-hydrogen) atoms. The van der Waals surface area contributed by atoms with Gasteiger partial charge in [0.25, 0.3) is 0 Å². The van der Waals surface area contributed by atoms with Crippen molar-refractivity contribution in [2.45, 2.75) is 53.4 Å². The van der Waals surface area contributed by atoms with Crippen LogP contribution in [0.1, 0.15) is 64.5 Å². The Morgan fingerprint density at radius 2 is 1.21 bits per heavy atom. The highest BCUT2D eigenvalue weighted by atomic mass is 16.3. The molecule has 0 saturated heterocycles. The van der Waals surface area contributed by atoms with E-state index in [1.54, 1.807) is 0 Å². The van der Waals surface area contributed by atoms with E-state index in [0.717, 1.165) is 29.7 Å². The van der Waals surface area contributed by atoms with E-state index in [1.165, 1.54) is 101 Å². The zero-order chi connectivity index (χ0) is 38.2. The third-order valence-corrected chi connectivity index (χ3v) is 11.4. The Hall–Kier alpha value is -6.38. The fourth-order valence-electron chi connectivity index (χ4n) is 8.47. The Balaban J connectivity index is 0.000000471. The normalized spacial score (nSPS) is 13.1. The molecule has 2 aliphatic carbocycles. The van der Waals surface area contributed by atoms with Crippen molar-refractivity contribution in [2.24, 2.45) is 0 Å². The van der Waals surface area contributed by atoms with Gasteiger partial charge in [-0.05, 0) is 131 Å². The molecule has 0 radical (unpaired) electrons. The number of aromatic nitrogens is 1. The summed E-state index contributed by atoms with van der Waals surface area (Å²) in [6.45, 7) is 8.36. The van der Waals surface area contributed by atoms with Crippen molar-refractivity contribution in [1.82, 2.24) is 4.57 Å². The molecule has 0 atom stereocenters. The van der Waals surface area contributed by atoms with E-state index < -0.39 is 0 Å². The minimum atomic E-state index is 0.937. The molecule has 2 heterocycles. The first-order valence-electron chi connectivity index (χ1n) is 20.2. The molecular formula is C54H47NO. The van der Waals surface area contributed by atoms with Gasteiger partial charge in [-0.3, -0.25) is 0 Å². The van der Waals surface area contributed by atoms with Crippen LogP contribution in [0, 0.1) is 0 Å². The number of allylic oxidation sites excluding steroid dienone is 6. The van der Waals surface area contributed by atoms with Crippen molar-refractivity contribution in [3.63, 3.8) is 0 Å². The second-order valence-corrected chi connectivity index (χ2v) is 14.8. The molecule has 0 fully saturated rings. The van der Waals surface area contributed by atoms with Crippen LogP contribution in [0.15, 0.2) is 168 Å². The van der Waals surface area contributed by atoms with E-state index in [4.69, 9.17) is 4.42 Å². The largest absolute Gasteiger partial charge is 0.456 e. The lowest BCUT2D eigenvalue weighted by Crippen LogP contribution is -1.94. The fourth-order valence-corrected chi connectivity index (χ4v) is 8.47. The standard InChI is InChI=1S/C46H29NO.C4H10.C4H8/c1-2-10-28(11-3-1)29-12-8-13-32(24-29)47-41-19-7-6-16-35(41)38-25-30(20-22-42(38)47)31-21-23-43-40(26-31)46-37-18-9-17-36-33-14-4-5-15-34(33)39(45(36)37)27-44(46)48-43;2*1-3-4-2/h1-4,6-14,16-27H,5,15H2;3-4H2,1-2H3;3-4H,1-2H3/b;;4-3-. The Labute approximate surface area is 329 Å². The molecule has 0 unspecified atom stereocenters. The molecule has 0 bridgehead atoms. The van der Waals surface area contributed by atoms with Crippen molar-refractivity contribution in [3.05, 3.63) is 175 Å². The maximum Gasteiger partial charge on any atom is 0.136 e. The van der Waals surface area contributed by atoms with Gasteiger partial charge in [-0.25, -0.2) is 0 Å². The topological polar surface area (TPSA) is 18.1 Å². The highest BCUT2D eigenvalue weighted by molar-refractivity contribution is 6.27. The van der Waals surface area contributed by atoms with Crippen molar-refractivity contribution in [3.8, 4) is 27.9 Å². The Morgan fingerprint density at radius 1 is 0.536 bits per heavy atom. The molecule has 0 spiro atoms. The smallest absolute Gasteiger partial charge is 0.136 e. The van der Waals surface area contributed by atoms with E-state index in [9.17, 15) is 0 Å². The Bertz CT molecular complexity index is 3000. The average molecular weight is 726 g/mol. The lowest BCUT2D eigenvalue weighted by molar-refractivity contribution is 0.669. The monoisotopic (exact) mass is 725 g/mol. The third-order valence-electron chi connectivity index (χ3n) is 11.4. The van der Waals surface area contributed by atoms with E-state index in [-0.39, 0.29) is 0 Å². The zero-order valence-corrected chi connectivity index (χ0v) is 32.8. The molecule has 0 N–H and O–H groups in total. The molecule has 7 aromatic carbocycles. The van der Waals surface area contributed by atoms with Crippen LogP contribution in [0.3, 0.4) is 0 Å². The molecule has 2 aliphatic rings. The zero-order valence-electron chi connectivity index (χ0n) is 32.8. The summed E-state index contributed by atoms with van der Waals surface area (Å²) in [6.07, 6.45) is 13.5. The van der Waals surface area contributed by atoms with Crippen LogP contribution in [-0.2, 0) is 0 Å². The summed E-state index contributed by atoms with van der Waals surface area (Å²) in [5, 5.41) is 7.55. The van der Waals surface area contributed by atoms with Crippen LogP contribution in [0.5, 0.6) is 0 Å². The Morgan fingerprint density at radius 3 is 2.02 bits per heavy atom. The second kappa shape index (κ2) is 15.0. The van der Waals surface area contributed by atoms with Crippen LogP contribution in [0.4, 0.5) is 0 Å². The Kier molecular flexibility index (Phi) is 9.49. The van der Waals surface area contributed by atoms with Gasteiger partial charge in [0, 0.05) is 27.2 Å². The third kappa shape index (κ3) is 5.97. The van der Waals surface area contributed by atoms with E-state index in [1.807, 2.05) is 26.0 Å². The van der Waals surface area contributed by atoms with Crippen LogP contribution in [0.25, 0.3) is 93.6 Å². The molecule has 2 aromatic heterocycles. The highest BCUT2D eigenvalue weighted by Crippen LogP contribution is 2.50. The first-order valence-corrected chi connectivity index (χ1v) is 20.2. The number of fused-ring (bicyclic) bond motifs is 9. The minimum Gasteiger partial charge on any atom is -0.456 e. The second-order valence-electron chi connectivity index (χ2n) is 14.8. The minimum absolute atomic E-state index is 0.937. The lowest BCUT2D eigenvalue weighted by atomic mass is 9.94. The number of furan rings is 1. The maximum atomic E-state index is 6.57. The molecule has 2 heteroatoms. The molecule has 0 amide bonds. The number of hydrogen-bond donors (Lipinski definition) is 0. The van der Waals surface area contributed by atoms with Crippen molar-refractivity contribution in [1.29, 1.82) is 0 Å². The molecule has 2 nitrogen and oxygen atoms in total. The summed E-state index contributed by atoms with van der Waals surface area (Å²) in [5.74, 6) is 0. The SMILES string of the molecule is C/C=C\C.C1=CC2=C(CC1)c1cc3oc4ccc(-c5ccc6c(c5)c5ccccc5n6-c5cccc(-c6ccccc6)c5)cc4c3c3cccc2c13.CCCC. The summed E-state index contributed by atoms with van der Waals surface area (Å²) >= 11 is 0. The molecule has 274 valence electrons. The molecular weight excluding hydrogens is 679 g/mol. The van der Waals surface area contributed by atoms with E-state index in [0.29, 0.717) is 0 Å². The molecule has 11 rings (SSSR count). The summed E-state index contributed by atoms with van der Waals surface area (Å²) in [6, 6.07) is 50.9.